The molecule has 0 radical (unpaired) electrons. The Balaban J connectivity index is 2.53. The number of hydrogen-bond donors (Lipinski definition) is 2. The van der Waals surface area contributed by atoms with E-state index in [2.05, 4.69) is 0 Å². The van der Waals surface area contributed by atoms with Gasteiger partial charge < -0.3 is 19.4 Å². The highest BCUT2D eigenvalue weighted by Crippen LogP contribution is 2.30. The van der Waals surface area contributed by atoms with E-state index >= 15 is 0 Å². The molecule has 0 aliphatic rings. The average molecular weight is 286 g/mol. The monoisotopic (exact) mass is 286 g/mol. The van der Waals surface area contributed by atoms with Crippen LogP contribution in [0.3, 0.4) is 0 Å². The number of benzene rings is 2. The van der Waals surface area contributed by atoms with Crippen molar-refractivity contribution in [3.05, 3.63) is 45.6 Å². The molecule has 0 aliphatic heterocycles. The number of aromatic hydroxyl groups is 1. The number of aliphatic hydroxyl groups excluding tert-OH is 1. The summed E-state index contributed by atoms with van der Waals surface area (Å²) in [5.74, 6) is 0.382. The third-order valence-corrected chi connectivity index (χ3v) is 3.52. The first-order valence-corrected chi connectivity index (χ1v) is 6.43. The summed E-state index contributed by atoms with van der Waals surface area (Å²) in [6, 6.07) is 6.22. The summed E-state index contributed by atoms with van der Waals surface area (Å²) in [6.45, 7) is 1.55. The van der Waals surface area contributed by atoms with Crippen molar-refractivity contribution in [1.82, 2.24) is 0 Å². The van der Waals surface area contributed by atoms with E-state index < -0.39 is 0 Å². The molecule has 1 aromatic heterocycles. The molecule has 0 saturated carbocycles. The molecule has 0 unspecified atom stereocenters. The van der Waals surface area contributed by atoms with Crippen molar-refractivity contribution in [3.8, 4) is 11.5 Å². The lowest BCUT2D eigenvalue weighted by atomic mass is 10.1. The first kappa shape index (κ1) is 13.5. The molecule has 0 fully saturated rings. The Kier molecular flexibility index (Phi) is 3.07. The van der Waals surface area contributed by atoms with Crippen molar-refractivity contribution in [2.24, 2.45) is 0 Å². The molecular weight excluding hydrogens is 272 g/mol. The van der Waals surface area contributed by atoms with Gasteiger partial charge in [0.05, 0.1) is 19.1 Å². The lowest BCUT2D eigenvalue weighted by molar-refractivity contribution is 0.281. The van der Waals surface area contributed by atoms with E-state index in [0.29, 0.717) is 38.8 Å². The van der Waals surface area contributed by atoms with Gasteiger partial charge in [0, 0.05) is 0 Å². The first-order valence-electron chi connectivity index (χ1n) is 6.43. The normalized spacial score (nSPS) is 11.2. The second kappa shape index (κ2) is 4.79. The van der Waals surface area contributed by atoms with Crippen LogP contribution in [0.25, 0.3) is 21.9 Å². The molecule has 0 saturated heterocycles. The Labute approximate surface area is 120 Å². The van der Waals surface area contributed by atoms with Crippen LogP contribution in [0.2, 0.25) is 0 Å². The number of fused-ring (bicyclic) bond motifs is 2. The highest BCUT2D eigenvalue weighted by molar-refractivity contribution is 5.94. The van der Waals surface area contributed by atoms with Gasteiger partial charge in [-0.2, -0.15) is 0 Å². The average Bonchev–Trinajstić information content (AvgIpc) is 2.48. The minimum Gasteiger partial charge on any atom is -0.508 e. The minimum atomic E-state index is -0.275. The SMILES string of the molecule is COc1cc(CO)cc2oc3cc(C)c(O)cc3c(=O)c12. The third kappa shape index (κ3) is 2.02. The fraction of sp³-hybridized carbons (Fsp3) is 0.188. The molecular formula is C16H14O5. The lowest BCUT2D eigenvalue weighted by Gasteiger charge is -2.09. The summed E-state index contributed by atoms with van der Waals surface area (Å²) in [4.78, 5) is 12.6. The topological polar surface area (TPSA) is 79.9 Å². The quantitative estimate of drug-likeness (QED) is 0.707. The molecule has 3 rings (SSSR count). The molecule has 2 aromatic carbocycles. The number of aliphatic hydroxyl groups is 1. The maximum atomic E-state index is 12.6. The zero-order valence-corrected chi connectivity index (χ0v) is 11.6. The van der Waals surface area contributed by atoms with Crippen molar-refractivity contribution in [2.45, 2.75) is 13.5 Å². The van der Waals surface area contributed by atoms with Crippen molar-refractivity contribution >= 4 is 21.9 Å². The van der Waals surface area contributed by atoms with Crippen LogP contribution in [-0.4, -0.2) is 17.3 Å². The van der Waals surface area contributed by atoms with E-state index in [1.807, 2.05) is 0 Å². The van der Waals surface area contributed by atoms with Crippen molar-refractivity contribution in [1.29, 1.82) is 0 Å². The summed E-state index contributed by atoms with van der Waals surface area (Å²) in [6.07, 6.45) is 0. The summed E-state index contributed by atoms with van der Waals surface area (Å²) in [5.41, 5.74) is 1.68. The highest BCUT2D eigenvalue weighted by atomic mass is 16.5. The summed E-state index contributed by atoms with van der Waals surface area (Å²) < 4.78 is 11.0. The molecule has 0 spiro atoms. The lowest BCUT2D eigenvalue weighted by Crippen LogP contribution is -2.05. The number of phenolic OH excluding ortho intramolecular Hbond substituents is 1. The Morgan fingerprint density at radius 3 is 2.62 bits per heavy atom. The number of rotatable bonds is 2. The van der Waals surface area contributed by atoms with Gasteiger partial charge in [0.25, 0.3) is 0 Å². The minimum absolute atomic E-state index is 0.0418. The van der Waals surface area contributed by atoms with Gasteiger partial charge in [-0.15, -0.1) is 0 Å². The standard InChI is InChI=1S/C16H14O5/c1-8-3-12-10(6-11(8)18)16(19)15-13(20-2)4-9(7-17)5-14(15)21-12/h3-6,17-18H,7H2,1-2H3. The highest BCUT2D eigenvalue weighted by Gasteiger charge is 2.15. The largest absolute Gasteiger partial charge is 0.508 e. The van der Waals surface area contributed by atoms with Crippen LogP contribution >= 0.6 is 0 Å². The zero-order chi connectivity index (χ0) is 15.1. The third-order valence-electron chi connectivity index (χ3n) is 3.52. The molecule has 5 heteroatoms. The predicted octanol–water partition coefficient (Wildman–Crippen LogP) is 2.46. The van der Waals surface area contributed by atoms with Gasteiger partial charge in [0.15, 0.2) is 0 Å². The van der Waals surface area contributed by atoms with Crippen LogP contribution in [0.1, 0.15) is 11.1 Å². The number of hydrogen-bond acceptors (Lipinski definition) is 5. The first-order chi connectivity index (χ1) is 10.0. The van der Waals surface area contributed by atoms with Crippen LogP contribution < -0.4 is 10.2 Å². The maximum Gasteiger partial charge on any atom is 0.204 e. The van der Waals surface area contributed by atoms with Crippen LogP contribution in [0.15, 0.2) is 33.5 Å². The molecule has 0 amide bonds. The molecule has 1 heterocycles. The van der Waals surface area contributed by atoms with Crippen LogP contribution in [0.4, 0.5) is 0 Å². The fourth-order valence-electron chi connectivity index (χ4n) is 2.39. The second-order valence-electron chi connectivity index (χ2n) is 4.90. The molecule has 2 N–H and O–H groups in total. The Morgan fingerprint density at radius 2 is 1.95 bits per heavy atom. The van der Waals surface area contributed by atoms with E-state index in [9.17, 15) is 15.0 Å². The van der Waals surface area contributed by atoms with Gasteiger partial charge >= 0.3 is 0 Å². The number of methoxy groups -OCH3 is 1. The van der Waals surface area contributed by atoms with Gasteiger partial charge in [-0.1, -0.05) is 0 Å². The fourth-order valence-corrected chi connectivity index (χ4v) is 2.39. The van der Waals surface area contributed by atoms with Gasteiger partial charge in [-0.3, -0.25) is 4.79 Å². The molecule has 0 aliphatic carbocycles. The number of ether oxygens (including phenoxy) is 1. The van der Waals surface area contributed by atoms with Gasteiger partial charge in [-0.25, -0.2) is 0 Å². The van der Waals surface area contributed by atoms with Crippen molar-refractivity contribution in [2.75, 3.05) is 7.11 Å². The molecule has 0 atom stereocenters. The van der Waals surface area contributed by atoms with Crippen molar-refractivity contribution in [3.63, 3.8) is 0 Å². The maximum absolute atomic E-state index is 12.6. The number of aryl methyl sites for hydroxylation is 1. The number of phenols is 1. The van der Waals surface area contributed by atoms with Gasteiger partial charge in [0.1, 0.15) is 28.1 Å². The Hall–Kier alpha value is -2.53. The molecule has 3 aromatic rings. The summed E-state index contributed by atoms with van der Waals surface area (Å²) >= 11 is 0. The van der Waals surface area contributed by atoms with E-state index in [1.165, 1.54) is 13.2 Å². The smallest absolute Gasteiger partial charge is 0.204 e. The molecule has 21 heavy (non-hydrogen) atoms. The predicted molar refractivity (Wildman–Crippen MR) is 78.9 cm³/mol. The van der Waals surface area contributed by atoms with Crippen LogP contribution in [0, 0.1) is 6.92 Å². The van der Waals surface area contributed by atoms with E-state index in [-0.39, 0.29) is 17.8 Å². The molecule has 0 bridgehead atoms. The van der Waals surface area contributed by atoms with Crippen LogP contribution in [0.5, 0.6) is 11.5 Å². The van der Waals surface area contributed by atoms with Crippen LogP contribution in [-0.2, 0) is 6.61 Å². The van der Waals surface area contributed by atoms with Gasteiger partial charge in [0.2, 0.25) is 5.43 Å². The molecule has 108 valence electrons. The van der Waals surface area contributed by atoms with E-state index in [0.717, 1.165) is 0 Å². The Morgan fingerprint density at radius 1 is 1.19 bits per heavy atom. The van der Waals surface area contributed by atoms with Gasteiger partial charge in [-0.05, 0) is 42.3 Å². The zero-order valence-electron chi connectivity index (χ0n) is 11.6. The van der Waals surface area contributed by atoms with E-state index in [4.69, 9.17) is 9.15 Å². The Bertz CT molecular complexity index is 908. The molecule has 5 nitrogen and oxygen atoms in total. The summed E-state index contributed by atoms with van der Waals surface area (Å²) in [5, 5.41) is 19.6. The summed E-state index contributed by atoms with van der Waals surface area (Å²) in [7, 11) is 1.45. The van der Waals surface area contributed by atoms with E-state index in [1.54, 1.807) is 25.1 Å². The van der Waals surface area contributed by atoms with Crippen molar-refractivity contribution < 1.29 is 19.4 Å². The second-order valence-corrected chi connectivity index (χ2v) is 4.90.